The fourth-order valence-corrected chi connectivity index (χ4v) is 6.13. The van der Waals surface area contributed by atoms with Crippen molar-refractivity contribution >= 4 is 46.7 Å². The number of nitrogens with two attached hydrogens (primary N) is 1. The van der Waals surface area contributed by atoms with Gasteiger partial charge in [-0.2, -0.15) is 0 Å². The number of hydrogen-bond acceptors (Lipinski definition) is 5. The summed E-state index contributed by atoms with van der Waals surface area (Å²) >= 11 is 0.0896. The summed E-state index contributed by atoms with van der Waals surface area (Å²) in [5.41, 5.74) is 9.35. The summed E-state index contributed by atoms with van der Waals surface area (Å²) in [6.07, 6.45) is 2.58. The monoisotopic (exact) mass is 472 g/mol. The molecule has 2 fully saturated rings. The van der Waals surface area contributed by atoms with Crippen LogP contribution in [0.25, 0.3) is 32.2 Å². The number of imidazole rings is 1. The van der Waals surface area contributed by atoms with E-state index in [1.807, 2.05) is 11.0 Å². The van der Waals surface area contributed by atoms with Gasteiger partial charge in [-0.25, -0.2) is 0 Å². The van der Waals surface area contributed by atoms with Crippen LogP contribution in [0.2, 0.25) is 0 Å². The number of benzene rings is 1. The number of rotatable bonds is 3. The van der Waals surface area contributed by atoms with E-state index >= 15 is 0 Å². The Labute approximate surface area is 177 Å². The van der Waals surface area contributed by atoms with Crippen LogP contribution in [0.5, 0.6) is 0 Å². The van der Waals surface area contributed by atoms with E-state index in [2.05, 4.69) is 24.8 Å². The summed E-state index contributed by atoms with van der Waals surface area (Å²) in [5, 5.41) is 0. The molecule has 154 valence electrons. The van der Waals surface area contributed by atoms with Gasteiger partial charge in [0.05, 0.1) is 0 Å². The third-order valence-corrected chi connectivity index (χ3v) is 8.15. The van der Waals surface area contributed by atoms with E-state index in [9.17, 15) is 9.18 Å². The molecule has 0 spiro atoms. The number of hydrogen-bond donors (Lipinski definition) is 3. The molecular formula is C21H21FN6OSe. The Balaban J connectivity index is 1.38. The van der Waals surface area contributed by atoms with Gasteiger partial charge < -0.3 is 0 Å². The molecule has 4 aromatic rings. The summed E-state index contributed by atoms with van der Waals surface area (Å²) < 4.78 is 15.9. The number of aromatic amines is 2. The topological polar surface area (TPSA) is 94.0 Å². The van der Waals surface area contributed by atoms with Crippen molar-refractivity contribution in [2.24, 2.45) is 0 Å². The molecule has 0 unspecified atom stereocenters. The molecule has 9 heteroatoms. The van der Waals surface area contributed by atoms with E-state index in [0.717, 1.165) is 42.0 Å². The molecule has 7 nitrogen and oxygen atoms in total. The van der Waals surface area contributed by atoms with Gasteiger partial charge in [0.25, 0.3) is 0 Å². The van der Waals surface area contributed by atoms with Gasteiger partial charge in [0.2, 0.25) is 0 Å². The predicted octanol–water partition coefficient (Wildman–Crippen LogP) is 2.13. The molecule has 0 amide bonds. The summed E-state index contributed by atoms with van der Waals surface area (Å²) in [6, 6.07) is 5.87. The number of pyridine rings is 1. The van der Waals surface area contributed by atoms with Gasteiger partial charge in [0, 0.05) is 6.04 Å². The fraction of sp³-hybridized carbons (Fsp3) is 0.333. The van der Waals surface area contributed by atoms with E-state index < -0.39 is 0 Å². The molecule has 3 aromatic heterocycles. The second-order valence-corrected chi connectivity index (χ2v) is 9.99. The van der Waals surface area contributed by atoms with Crippen molar-refractivity contribution in [3.05, 3.63) is 39.3 Å². The number of nitrogen functional groups attached to an aromatic ring is 1. The van der Waals surface area contributed by atoms with Crippen LogP contribution in [0, 0.1) is 5.82 Å². The third kappa shape index (κ3) is 2.88. The number of H-pyrrole nitrogens is 2. The van der Waals surface area contributed by atoms with E-state index in [1.165, 1.54) is 18.9 Å². The Morgan fingerprint density at radius 3 is 2.70 bits per heavy atom. The van der Waals surface area contributed by atoms with Gasteiger partial charge in [-0.3, -0.25) is 0 Å². The van der Waals surface area contributed by atoms with Crippen LogP contribution in [-0.4, -0.2) is 66.6 Å². The molecule has 1 saturated carbocycles. The van der Waals surface area contributed by atoms with Gasteiger partial charge in [-0.05, 0) is 12.8 Å². The molecule has 1 saturated heterocycles. The van der Waals surface area contributed by atoms with Gasteiger partial charge in [0.1, 0.15) is 0 Å². The molecule has 1 aliphatic heterocycles. The zero-order valence-electron chi connectivity index (χ0n) is 16.2. The van der Waals surface area contributed by atoms with Crippen LogP contribution in [0.15, 0.2) is 27.9 Å². The Hall–Kier alpha value is -2.61. The second kappa shape index (κ2) is 6.70. The number of anilines is 2. The number of aromatic nitrogens is 3. The van der Waals surface area contributed by atoms with Gasteiger partial charge in [-0.1, -0.05) is 0 Å². The number of fused-ring (bicyclic) bond motifs is 2. The molecule has 4 heterocycles. The summed E-state index contributed by atoms with van der Waals surface area (Å²) in [4.78, 5) is 29.8. The van der Waals surface area contributed by atoms with Gasteiger partial charge in [-0.15, -0.1) is 0 Å². The first-order valence-corrected chi connectivity index (χ1v) is 12.0. The first kappa shape index (κ1) is 18.2. The molecule has 6 rings (SSSR count). The zero-order valence-corrected chi connectivity index (χ0v) is 18.0. The molecule has 1 aliphatic carbocycles. The van der Waals surface area contributed by atoms with Gasteiger partial charge in [0.15, 0.2) is 0 Å². The average Bonchev–Trinajstić information content (AvgIpc) is 3.34. The van der Waals surface area contributed by atoms with E-state index in [0.29, 0.717) is 33.8 Å². The molecule has 0 radical (unpaired) electrons. The van der Waals surface area contributed by atoms with E-state index in [1.54, 1.807) is 6.07 Å². The molecule has 0 bridgehead atoms. The van der Waals surface area contributed by atoms with E-state index in [4.69, 9.17) is 5.73 Å². The Morgan fingerprint density at radius 1 is 1.13 bits per heavy atom. The standard InChI is InChI=1S/C21H21FN6OSe/c22-12-9-14-15(10-16(12)28-6-4-27(5-7-28)11-1-2-11)25-20(24-14)17-18(23)19-13(3-8-30-19)26-21(17)29/h3,8-11H,1-2,4-7H2,(H,24,25)(H3,23,26,29). The fourth-order valence-electron chi connectivity index (χ4n) is 4.42. The van der Waals surface area contributed by atoms with Crippen molar-refractivity contribution in [1.29, 1.82) is 0 Å². The average molecular weight is 471 g/mol. The number of nitrogens with one attached hydrogen (secondary N) is 2. The maximum atomic E-state index is 14.9. The Bertz CT molecular complexity index is 1330. The number of piperazine rings is 1. The van der Waals surface area contributed by atoms with Crippen LogP contribution < -0.4 is 16.2 Å². The minimum atomic E-state index is -0.287. The van der Waals surface area contributed by atoms with Crippen LogP contribution in [0.1, 0.15) is 12.8 Å². The van der Waals surface area contributed by atoms with Crippen molar-refractivity contribution in [3.63, 3.8) is 0 Å². The zero-order chi connectivity index (χ0) is 20.4. The SMILES string of the molecule is Nc1c(-c2nc3cc(N4CCN(C5CC5)CC4)c(F)cc3[nH]2)c(=O)[nH]c2cc[se]c12. The summed E-state index contributed by atoms with van der Waals surface area (Å²) in [7, 11) is 0. The molecule has 2 aliphatic rings. The van der Waals surface area contributed by atoms with Crippen LogP contribution in [0.4, 0.5) is 15.8 Å². The van der Waals surface area contributed by atoms with Crippen LogP contribution in [0.3, 0.4) is 0 Å². The summed E-state index contributed by atoms with van der Waals surface area (Å²) in [5.74, 6) is 0.102. The normalized spacial score (nSPS) is 18.0. The van der Waals surface area contributed by atoms with Crippen LogP contribution in [-0.2, 0) is 0 Å². The summed E-state index contributed by atoms with van der Waals surface area (Å²) in [6.45, 7) is 3.54. The number of nitrogens with zero attached hydrogens (tertiary/aromatic N) is 3. The third-order valence-electron chi connectivity index (χ3n) is 6.16. The molecular weight excluding hydrogens is 450 g/mol. The molecule has 30 heavy (non-hydrogen) atoms. The minimum absolute atomic E-state index is 0.0896. The Morgan fingerprint density at radius 2 is 1.93 bits per heavy atom. The predicted molar refractivity (Wildman–Crippen MR) is 118 cm³/mol. The van der Waals surface area contributed by atoms with Gasteiger partial charge >= 0.3 is 158 Å². The maximum absolute atomic E-state index is 14.9. The van der Waals surface area contributed by atoms with Crippen molar-refractivity contribution in [1.82, 2.24) is 19.9 Å². The quantitative estimate of drug-likeness (QED) is 0.398. The van der Waals surface area contributed by atoms with Crippen molar-refractivity contribution in [3.8, 4) is 11.4 Å². The Kier molecular flexibility index (Phi) is 4.06. The van der Waals surface area contributed by atoms with Crippen molar-refractivity contribution in [2.45, 2.75) is 18.9 Å². The van der Waals surface area contributed by atoms with E-state index in [-0.39, 0.29) is 25.9 Å². The molecule has 0 atom stereocenters. The van der Waals surface area contributed by atoms with Crippen molar-refractivity contribution < 1.29 is 4.39 Å². The first-order valence-electron chi connectivity index (χ1n) is 10.2. The molecule has 1 aromatic carbocycles. The number of halogens is 1. The first-order chi connectivity index (χ1) is 14.6. The van der Waals surface area contributed by atoms with Crippen molar-refractivity contribution in [2.75, 3.05) is 36.8 Å². The second-order valence-electron chi connectivity index (χ2n) is 8.07. The molecule has 4 N–H and O–H groups in total. The van der Waals surface area contributed by atoms with Crippen LogP contribution >= 0.6 is 0 Å².